The molecule has 14 heavy (non-hydrogen) atoms. The van der Waals surface area contributed by atoms with Crippen LogP contribution in [0.2, 0.25) is 0 Å². The molecule has 3 amide bonds. The van der Waals surface area contributed by atoms with Crippen LogP contribution in [0.4, 0.5) is 4.79 Å². The summed E-state index contributed by atoms with van der Waals surface area (Å²) in [7, 11) is 0. The average molecular weight is 194 g/mol. The number of nitrogens with one attached hydrogen (secondary N) is 2. The third-order valence-electron chi connectivity index (χ3n) is 3.30. The van der Waals surface area contributed by atoms with E-state index >= 15 is 0 Å². The lowest BCUT2D eigenvalue weighted by molar-refractivity contribution is -0.125. The number of carbonyl (C=O) groups is 2. The van der Waals surface area contributed by atoms with Crippen LogP contribution >= 0.6 is 0 Å². The molecule has 0 aromatic rings. The van der Waals surface area contributed by atoms with Crippen LogP contribution < -0.4 is 10.6 Å². The number of imide groups is 1. The molecule has 0 radical (unpaired) electrons. The van der Waals surface area contributed by atoms with Crippen LogP contribution in [0.25, 0.3) is 0 Å². The standard InChI is InChI=1S/C8H10N4O2/c13-5-7(10-6(14)9-5)1-3-8(4-2-7)11-12-8/h1-4H2,(H2,9,10,13,14). The van der Waals surface area contributed by atoms with Crippen molar-refractivity contribution in [1.29, 1.82) is 0 Å². The van der Waals surface area contributed by atoms with Gasteiger partial charge in [0.1, 0.15) is 5.54 Å². The molecule has 0 aromatic heterocycles. The normalized spacial score (nSPS) is 30.6. The summed E-state index contributed by atoms with van der Waals surface area (Å²) in [6, 6.07) is -0.379. The second-order valence-corrected chi connectivity index (χ2v) is 4.17. The number of rotatable bonds is 0. The number of carbonyl (C=O) groups excluding carboxylic acids is 2. The van der Waals surface area contributed by atoms with Crippen LogP contribution in [0.5, 0.6) is 0 Å². The third-order valence-corrected chi connectivity index (χ3v) is 3.30. The molecule has 6 nitrogen and oxygen atoms in total. The Balaban J connectivity index is 1.79. The second kappa shape index (κ2) is 2.13. The van der Waals surface area contributed by atoms with Gasteiger partial charge in [-0.1, -0.05) is 0 Å². The highest BCUT2D eigenvalue weighted by atomic mass is 16.2. The lowest BCUT2D eigenvalue weighted by Crippen LogP contribution is -2.50. The number of amides is 3. The summed E-state index contributed by atoms with van der Waals surface area (Å²) >= 11 is 0. The minimum Gasteiger partial charge on any atom is -0.323 e. The van der Waals surface area contributed by atoms with Gasteiger partial charge in [0, 0.05) is 0 Å². The van der Waals surface area contributed by atoms with Gasteiger partial charge in [0.2, 0.25) is 0 Å². The Morgan fingerprint density at radius 2 is 1.71 bits per heavy atom. The van der Waals surface area contributed by atoms with Crippen molar-refractivity contribution in [2.24, 2.45) is 10.2 Å². The molecular formula is C8H10N4O2. The summed E-state index contributed by atoms with van der Waals surface area (Å²) in [5, 5.41) is 12.9. The molecule has 2 aliphatic heterocycles. The van der Waals surface area contributed by atoms with Crippen molar-refractivity contribution in [1.82, 2.24) is 10.6 Å². The molecule has 3 rings (SSSR count). The molecule has 0 unspecified atom stereocenters. The molecule has 2 heterocycles. The minimum atomic E-state index is -0.671. The quantitative estimate of drug-likeness (QED) is 0.543. The van der Waals surface area contributed by atoms with Crippen molar-refractivity contribution in [3.05, 3.63) is 0 Å². The number of hydrogen-bond donors (Lipinski definition) is 2. The van der Waals surface area contributed by atoms with E-state index < -0.39 is 5.54 Å². The molecule has 1 aliphatic carbocycles. The Bertz CT molecular complexity index is 346. The smallest absolute Gasteiger partial charge is 0.322 e. The highest BCUT2D eigenvalue weighted by molar-refractivity contribution is 6.07. The number of nitrogens with zero attached hydrogens (tertiary/aromatic N) is 2. The highest BCUT2D eigenvalue weighted by Crippen LogP contribution is 2.46. The zero-order valence-corrected chi connectivity index (χ0v) is 7.54. The van der Waals surface area contributed by atoms with Gasteiger partial charge in [-0.2, -0.15) is 10.2 Å². The van der Waals surface area contributed by atoms with Gasteiger partial charge in [0.15, 0.2) is 5.66 Å². The fourth-order valence-electron chi connectivity index (χ4n) is 2.23. The van der Waals surface area contributed by atoms with Crippen molar-refractivity contribution in [3.8, 4) is 0 Å². The number of urea groups is 1. The van der Waals surface area contributed by atoms with Crippen molar-refractivity contribution < 1.29 is 9.59 Å². The molecule has 3 aliphatic rings. The molecule has 0 atom stereocenters. The van der Waals surface area contributed by atoms with Gasteiger partial charge in [0.25, 0.3) is 5.91 Å². The maximum Gasteiger partial charge on any atom is 0.322 e. The maximum absolute atomic E-state index is 11.5. The largest absolute Gasteiger partial charge is 0.323 e. The first-order valence-electron chi connectivity index (χ1n) is 4.72. The van der Waals surface area contributed by atoms with Gasteiger partial charge in [-0.25, -0.2) is 4.79 Å². The maximum atomic E-state index is 11.5. The second-order valence-electron chi connectivity index (χ2n) is 4.17. The van der Waals surface area contributed by atoms with Crippen LogP contribution in [0.3, 0.4) is 0 Å². The summed E-state index contributed by atoms with van der Waals surface area (Å²) in [6.45, 7) is 0. The Morgan fingerprint density at radius 1 is 1.07 bits per heavy atom. The first-order valence-corrected chi connectivity index (χ1v) is 4.72. The monoisotopic (exact) mass is 194 g/mol. The third kappa shape index (κ3) is 0.906. The first kappa shape index (κ1) is 7.90. The lowest BCUT2D eigenvalue weighted by Gasteiger charge is -2.32. The van der Waals surface area contributed by atoms with Crippen LogP contribution in [0.15, 0.2) is 10.2 Å². The van der Waals surface area contributed by atoms with E-state index in [1.807, 2.05) is 0 Å². The van der Waals surface area contributed by atoms with E-state index in [1.54, 1.807) is 0 Å². The van der Waals surface area contributed by atoms with E-state index in [0.29, 0.717) is 12.8 Å². The summed E-state index contributed by atoms with van der Waals surface area (Å²) in [5.41, 5.74) is -0.866. The van der Waals surface area contributed by atoms with Crippen molar-refractivity contribution in [3.63, 3.8) is 0 Å². The molecule has 6 heteroatoms. The molecule has 0 aromatic carbocycles. The Hall–Kier alpha value is -1.46. The summed E-state index contributed by atoms with van der Waals surface area (Å²) in [4.78, 5) is 22.6. The predicted molar refractivity (Wildman–Crippen MR) is 45.5 cm³/mol. The molecule has 0 bridgehead atoms. The first-order chi connectivity index (χ1) is 6.64. The van der Waals surface area contributed by atoms with Gasteiger partial charge >= 0.3 is 6.03 Å². The lowest BCUT2D eigenvalue weighted by atomic mass is 9.78. The van der Waals surface area contributed by atoms with Gasteiger partial charge < -0.3 is 5.32 Å². The van der Waals surface area contributed by atoms with E-state index in [-0.39, 0.29) is 17.6 Å². The molecule has 2 N–H and O–H groups in total. The zero-order chi connectivity index (χ0) is 9.81. The Morgan fingerprint density at radius 3 is 2.14 bits per heavy atom. The van der Waals surface area contributed by atoms with Gasteiger partial charge in [0.05, 0.1) is 0 Å². The zero-order valence-electron chi connectivity index (χ0n) is 7.54. The van der Waals surface area contributed by atoms with Crippen LogP contribution in [-0.4, -0.2) is 23.1 Å². The van der Waals surface area contributed by atoms with Crippen molar-refractivity contribution in [2.75, 3.05) is 0 Å². The fraction of sp³-hybridized carbons (Fsp3) is 0.750. The molecular weight excluding hydrogens is 184 g/mol. The Labute approximate surface area is 80.1 Å². The van der Waals surface area contributed by atoms with Gasteiger partial charge in [-0.05, 0) is 25.7 Å². The minimum absolute atomic E-state index is 0.196. The highest BCUT2D eigenvalue weighted by Gasteiger charge is 2.55. The van der Waals surface area contributed by atoms with Crippen LogP contribution in [0.1, 0.15) is 25.7 Å². The van der Waals surface area contributed by atoms with E-state index in [4.69, 9.17) is 0 Å². The molecule has 2 spiro atoms. The summed E-state index contributed by atoms with van der Waals surface area (Å²) in [6.07, 6.45) is 2.80. The van der Waals surface area contributed by atoms with E-state index in [1.165, 1.54) is 0 Å². The van der Waals surface area contributed by atoms with E-state index in [9.17, 15) is 9.59 Å². The van der Waals surface area contributed by atoms with E-state index in [2.05, 4.69) is 20.9 Å². The molecule has 74 valence electrons. The molecule has 1 saturated heterocycles. The summed E-state index contributed by atoms with van der Waals surface area (Å²) < 4.78 is 0. The number of hydrogen-bond acceptors (Lipinski definition) is 4. The van der Waals surface area contributed by atoms with E-state index in [0.717, 1.165) is 12.8 Å². The summed E-state index contributed by atoms with van der Waals surface area (Å²) in [5.74, 6) is -0.196. The molecule has 2 fully saturated rings. The van der Waals surface area contributed by atoms with Crippen LogP contribution in [-0.2, 0) is 4.79 Å². The predicted octanol–water partition coefficient (Wildman–Crippen LogP) is 0.301. The Kier molecular flexibility index (Phi) is 1.20. The van der Waals surface area contributed by atoms with Crippen molar-refractivity contribution in [2.45, 2.75) is 36.9 Å². The topological polar surface area (TPSA) is 82.9 Å². The average Bonchev–Trinajstić information content (AvgIpc) is 2.84. The SMILES string of the molecule is O=C1NC(=O)C2(CCC3(CC2)N=N3)N1. The van der Waals surface area contributed by atoms with Gasteiger partial charge in [-0.3, -0.25) is 10.1 Å². The molecule has 1 saturated carbocycles. The van der Waals surface area contributed by atoms with Gasteiger partial charge in [-0.15, -0.1) is 0 Å². The van der Waals surface area contributed by atoms with Crippen LogP contribution in [0, 0.1) is 0 Å². The van der Waals surface area contributed by atoms with Crippen molar-refractivity contribution >= 4 is 11.9 Å². The fourth-order valence-corrected chi connectivity index (χ4v) is 2.23.